The second kappa shape index (κ2) is 12.5. The number of allylic oxidation sites excluding steroid dienone is 1. The molecule has 1 fully saturated rings. The number of aliphatic hydroxyl groups is 1. The summed E-state index contributed by atoms with van der Waals surface area (Å²) in [6, 6.07) is 8.87. The van der Waals surface area contributed by atoms with E-state index in [2.05, 4.69) is 15.0 Å². The van der Waals surface area contributed by atoms with E-state index in [0.29, 0.717) is 18.8 Å². The number of sulfonamides is 1. The van der Waals surface area contributed by atoms with Crippen molar-refractivity contribution in [2.24, 2.45) is 0 Å². The highest BCUT2D eigenvalue weighted by atomic mass is 32.2. The van der Waals surface area contributed by atoms with Crippen LogP contribution in [0, 0.1) is 0 Å². The largest absolute Gasteiger partial charge is 0.477 e. The molecule has 0 unspecified atom stereocenters. The van der Waals surface area contributed by atoms with E-state index < -0.39 is 47.5 Å². The van der Waals surface area contributed by atoms with E-state index in [1.807, 2.05) is 18.7 Å². The first kappa shape index (κ1) is 29.2. The van der Waals surface area contributed by atoms with Crippen LogP contribution >= 0.6 is 0 Å². The highest BCUT2D eigenvalue weighted by Crippen LogP contribution is 2.31. The zero-order valence-corrected chi connectivity index (χ0v) is 22.0. The molecule has 38 heavy (non-hydrogen) atoms. The molecule has 3 N–H and O–H groups in total. The van der Waals surface area contributed by atoms with Gasteiger partial charge in [-0.1, -0.05) is 17.2 Å². The van der Waals surface area contributed by atoms with Crippen molar-refractivity contribution < 1.29 is 36.2 Å². The number of nitrogens with zero attached hydrogens (tertiary/aromatic N) is 2. The lowest BCUT2D eigenvalue weighted by molar-refractivity contribution is -0.139. The van der Waals surface area contributed by atoms with E-state index in [4.69, 9.17) is 9.84 Å². The Kier molecular flexibility index (Phi) is 9.60. The molecule has 13 heteroatoms. The lowest BCUT2D eigenvalue weighted by atomic mass is 9.98. The summed E-state index contributed by atoms with van der Waals surface area (Å²) in [6.07, 6.45) is -3.90. The SMILES string of the molecule is CC(C)=C1CCN(c2cc(NS(=O)(=O)CCO)ccc2C(=O)Nc2cccc(OCCC(F)(F)F)n2)CC1. The highest BCUT2D eigenvalue weighted by Gasteiger charge is 2.27. The first-order chi connectivity index (χ1) is 17.9. The molecule has 0 bridgehead atoms. The van der Waals surface area contributed by atoms with Gasteiger partial charge in [0, 0.05) is 19.2 Å². The van der Waals surface area contributed by atoms with Crippen molar-refractivity contribution in [1.82, 2.24) is 4.98 Å². The molecule has 1 amide bonds. The van der Waals surface area contributed by atoms with Gasteiger partial charge in [0.25, 0.3) is 5.91 Å². The van der Waals surface area contributed by atoms with Gasteiger partial charge in [0.2, 0.25) is 15.9 Å². The number of amides is 1. The minimum Gasteiger partial charge on any atom is -0.477 e. The van der Waals surface area contributed by atoms with E-state index in [0.717, 1.165) is 12.8 Å². The summed E-state index contributed by atoms with van der Waals surface area (Å²) in [6.45, 7) is 4.20. The quantitative estimate of drug-likeness (QED) is 0.373. The summed E-state index contributed by atoms with van der Waals surface area (Å²) in [5.74, 6) is -0.974. The van der Waals surface area contributed by atoms with Crippen molar-refractivity contribution in [3.8, 4) is 5.88 Å². The molecule has 1 aliphatic heterocycles. The Morgan fingerprint density at radius 2 is 1.87 bits per heavy atom. The number of ether oxygens (including phenoxy) is 1. The Bertz CT molecular complexity index is 1270. The fourth-order valence-corrected chi connectivity index (χ4v) is 4.77. The molecule has 0 radical (unpaired) electrons. The highest BCUT2D eigenvalue weighted by molar-refractivity contribution is 7.92. The molecule has 0 aliphatic carbocycles. The van der Waals surface area contributed by atoms with Crippen LogP contribution in [0.3, 0.4) is 0 Å². The summed E-state index contributed by atoms with van der Waals surface area (Å²) < 4.78 is 69.0. The number of hydrogen-bond donors (Lipinski definition) is 3. The number of hydrogen-bond acceptors (Lipinski definition) is 7. The van der Waals surface area contributed by atoms with Crippen molar-refractivity contribution in [2.75, 3.05) is 47.0 Å². The molecule has 2 heterocycles. The summed E-state index contributed by atoms with van der Waals surface area (Å²) >= 11 is 0. The van der Waals surface area contributed by atoms with Gasteiger partial charge >= 0.3 is 6.18 Å². The summed E-state index contributed by atoms with van der Waals surface area (Å²) in [5.41, 5.74) is 3.60. The fraction of sp³-hybridized carbons (Fsp3) is 0.440. The Morgan fingerprint density at radius 1 is 1.16 bits per heavy atom. The molecule has 1 aromatic carbocycles. The van der Waals surface area contributed by atoms with Crippen LogP contribution in [0.1, 0.15) is 43.5 Å². The number of aromatic nitrogens is 1. The van der Waals surface area contributed by atoms with E-state index in [9.17, 15) is 26.4 Å². The zero-order chi connectivity index (χ0) is 27.9. The average molecular weight is 557 g/mol. The van der Waals surface area contributed by atoms with E-state index in [-0.39, 0.29) is 22.9 Å². The molecule has 3 rings (SSSR count). The summed E-state index contributed by atoms with van der Waals surface area (Å²) in [4.78, 5) is 19.3. The number of halogens is 3. The number of anilines is 3. The minimum absolute atomic E-state index is 0.0637. The monoisotopic (exact) mass is 556 g/mol. The maximum absolute atomic E-state index is 13.3. The zero-order valence-electron chi connectivity index (χ0n) is 21.1. The van der Waals surface area contributed by atoms with Crippen LogP contribution < -0.4 is 19.7 Å². The minimum atomic E-state index is -4.36. The molecule has 9 nitrogen and oxygen atoms in total. The van der Waals surface area contributed by atoms with Gasteiger partial charge in [0.05, 0.1) is 42.3 Å². The molecule has 1 aromatic heterocycles. The molecule has 1 saturated heterocycles. The second-order valence-corrected chi connectivity index (χ2v) is 10.8. The molecule has 1 aliphatic rings. The molecule has 0 saturated carbocycles. The number of carbonyl (C=O) groups excluding carboxylic acids is 1. The number of nitrogens with one attached hydrogen (secondary N) is 2. The first-order valence-corrected chi connectivity index (χ1v) is 13.7. The van der Waals surface area contributed by atoms with Crippen molar-refractivity contribution in [3.05, 3.63) is 53.1 Å². The number of aliphatic hydroxyl groups excluding tert-OH is 1. The van der Waals surface area contributed by atoms with Crippen molar-refractivity contribution in [3.63, 3.8) is 0 Å². The fourth-order valence-electron chi connectivity index (χ4n) is 3.94. The van der Waals surface area contributed by atoms with Gasteiger partial charge in [-0.15, -0.1) is 0 Å². The normalized spacial score (nSPS) is 14.3. The van der Waals surface area contributed by atoms with Crippen LogP contribution in [0.2, 0.25) is 0 Å². The maximum atomic E-state index is 13.3. The number of piperidine rings is 1. The smallest absolute Gasteiger partial charge is 0.392 e. The van der Waals surface area contributed by atoms with Crippen molar-refractivity contribution in [2.45, 2.75) is 39.3 Å². The van der Waals surface area contributed by atoms with E-state index >= 15 is 0 Å². The number of alkyl halides is 3. The molecular formula is C25H31F3N4O5S. The third kappa shape index (κ3) is 8.62. The number of rotatable bonds is 10. The van der Waals surface area contributed by atoms with Gasteiger partial charge in [-0.2, -0.15) is 18.2 Å². The van der Waals surface area contributed by atoms with Gasteiger partial charge < -0.3 is 20.1 Å². The van der Waals surface area contributed by atoms with E-state index in [1.54, 1.807) is 6.07 Å². The van der Waals surface area contributed by atoms with Crippen molar-refractivity contribution in [1.29, 1.82) is 0 Å². The predicted molar refractivity (Wildman–Crippen MR) is 139 cm³/mol. The molecule has 0 atom stereocenters. The molecule has 0 spiro atoms. The number of pyridine rings is 1. The van der Waals surface area contributed by atoms with Gasteiger partial charge in [-0.25, -0.2) is 8.42 Å². The topological polar surface area (TPSA) is 121 Å². The van der Waals surface area contributed by atoms with Crippen LogP contribution in [0.4, 0.5) is 30.4 Å². The number of benzene rings is 1. The third-order valence-corrected chi connectivity index (χ3v) is 7.16. The number of carbonyl (C=O) groups is 1. The predicted octanol–water partition coefficient (Wildman–Crippen LogP) is 4.34. The van der Waals surface area contributed by atoms with Crippen molar-refractivity contribution >= 4 is 33.1 Å². The van der Waals surface area contributed by atoms with Gasteiger partial charge in [-0.3, -0.25) is 9.52 Å². The Hall–Kier alpha value is -3.32. The van der Waals surface area contributed by atoms with Crippen LogP contribution in [0.15, 0.2) is 47.5 Å². The molecule has 2 aromatic rings. The Labute approximate surface area is 219 Å². The van der Waals surface area contributed by atoms with Gasteiger partial charge in [-0.05, 0) is 51.0 Å². The van der Waals surface area contributed by atoms with E-state index in [1.165, 1.54) is 41.5 Å². The summed E-state index contributed by atoms with van der Waals surface area (Å²) in [5, 5.41) is 11.7. The standard InChI is InChI=1S/C25H31F3N4O5S/c1-17(2)18-8-11-32(12-9-18)21-16-19(31-38(35,36)15-13-33)6-7-20(21)24(34)30-22-4-3-5-23(29-22)37-14-10-25(26,27)28/h3-7,16,31,33H,8-15H2,1-2H3,(H,29,30,34). The third-order valence-electron chi connectivity index (χ3n) is 5.89. The maximum Gasteiger partial charge on any atom is 0.392 e. The van der Waals surface area contributed by atoms with Gasteiger partial charge in [0.15, 0.2) is 0 Å². The van der Waals surface area contributed by atoms with Crippen LogP contribution in [0.25, 0.3) is 0 Å². The Morgan fingerprint density at radius 3 is 2.50 bits per heavy atom. The van der Waals surface area contributed by atoms with Crippen LogP contribution in [0.5, 0.6) is 5.88 Å². The summed E-state index contributed by atoms with van der Waals surface area (Å²) in [7, 11) is -3.78. The Balaban J connectivity index is 1.84. The average Bonchev–Trinajstić information content (AvgIpc) is 2.83. The lowest BCUT2D eigenvalue weighted by Gasteiger charge is -2.32. The van der Waals surface area contributed by atoms with Crippen LogP contribution in [-0.4, -0.2) is 62.6 Å². The van der Waals surface area contributed by atoms with Crippen LogP contribution in [-0.2, 0) is 10.0 Å². The first-order valence-electron chi connectivity index (χ1n) is 12.0. The van der Waals surface area contributed by atoms with Gasteiger partial charge in [0.1, 0.15) is 5.82 Å². The molecule has 208 valence electrons. The lowest BCUT2D eigenvalue weighted by Crippen LogP contribution is -2.33. The second-order valence-electron chi connectivity index (χ2n) is 9.00. The molecular weight excluding hydrogens is 525 g/mol.